The van der Waals surface area contributed by atoms with Crippen molar-refractivity contribution in [3.8, 4) is 23.0 Å². The first-order chi connectivity index (χ1) is 29.9. The van der Waals surface area contributed by atoms with E-state index >= 15 is 0 Å². The van der Waals surface area contributed by atoms with Crippen LogP contribution in [-0.4, -0.2) is 84.2 Å². The largest absolute Gasteiger partial charge is 0.508 e. The molecule has 6 rings (SSSR count). The first-order valence-electron chi connectivity index (χ1n) is 23.0. The van der Waals surface area contributed by atoms with Gasteiger partial charge in [0.15, 0.2) is 11.5 Å². The van der Waals surface area contributed by atoms with Crippen LogP contribution in [0.1, 0.15) is 133 Å². The normalized spacial score (nSPS) is 24.0. The summed E-state index contributed by atoms with van der Waals surface area (Å²) in [4.78, 5) is 22.1. The molecule has 336 valence electrons. The van der Waals surface area contributed by atoms with Crippen molar-refractivity contribution < 1.29 is 48.6 Å². The van der Waals surface area contributed by atoms with E-state index in [-0.39, 0.29) is 69.7 Å². The molecule has 3 N–H and O–H groups in total. The van der Waals surface area contributed by atoms with Gasteiger partial charge in [0.1, 0.15) is 24.7 Å². The maximum Gasteiger partial charge on any atom is 0.410 e. The van der Waals surface area contributed by atoms with Gasteiger partial charge in [0.05, 0.1) is 24.8 Å². The van der Waals surface area contributed by atoms with Crippen molar-refractivity contribution in [3.05, 3.63) is 71.8 Å². The molecule has 12 nitrogen and oxygen atoms in total. The minimum atomic E-state index is -1.45. The number of rotatable bonds is 26. The number of hydrogen-bond acceptors (Lipinski definition) is 11. The second kappa shape index (κ2) is 23.3. The summed E-state index contributed by atoms with van der Waals surface area (Å²) in [6, 6.07) is 10.2. The minimum absolute atomic E-state index is 0.0447. The van der Waals surface area contributed by atoms with Gasteiger partial charge in [0.25, 0.3) is 0 Å². The zero-order valence-corrected chi connectivity index (χ0v) is 36.6. The molecular formula is C49H70N2O10. The SMILES string of the molecule is C=CCOC12Oc3ccc(O)cc3C3C(CCCCO)C(CCCCO)C=C(C(=NOC)CC1N(Cc1ccc4c(c1)OCO4)C(=O)OCCCCCCCCCCCC)C32. The summed E-state index contributed by atoms with van der Waals surface area (Å²) in [7, 11) is 1.53. The number of unbranched alkanes of at least 4 members (excludes halogenated alkanes) is 11. The van der Waals surface area contributed by atoms with Crippen LogP contribution in [-0.2, 0) is 20.9 Å². The smallest absolute Gasteiger partial charge is 0.410 e. The molecule has 6 unspecified atom stereocenters. The molecule has 2 heterocycles. The molecule has 2 aromatic rings. The van der Waals surface area contributed by atoms with Crippen LogP contribution in [0.2, 0.25) is 0 Å². The highest BCUT2D eigenvalue weighted by Crippen LogP contribution is 2.62. The number of phenolic OH excluding ortho intramolecular Hbond substituents is 1. The average molecular weight is 847 g/mol. The van der Waals surface area contributed by atoms with Gasteiger partial charge in [-0.2, -0.15) is 0 Å². The van der Waals surface area contributed by atoms with Crippen LogP contribution < -0.4 is 14.2 Å². The molecular weight excluding hydrogens is 777 g/mol. The van der Waals surface area contributed by atoms with E-state index in [0.29, 0.717) is 35.8 Å². The molecule has 0 bridgehead atoms. The van der Waals surface area contributed by atoms with Crippen molar-refractivity contribution in [1.29, 1.82) is 0 Å². The van der Waals surface area contributed by atoms with Crippen LogP contribution in [0.3, 0.4) is 0 Å². The first-order valence-corrected chi connectivity index (χ1v) is 23.0. The molecule has 2 aromatic carbocycles. The van der Waals surface area contributed by atoms with Gasteiger partial charge < -0.3 is 43.8 Å². The van der Waals surface area contributed by atoms with Crippen LogP contribution in [0, 0.1) is 17.8 Å². The van der Waals surface area contributed by atoms with Crippen molar-refractivity contribution in [1.82, 2.24) is 4.90 Å². The summed E-state index contributed by atoms with van der Waals surface area (Å²) in [5.74, 6) is -0.0876. The summed E-state index contributed by atoms with van der Waals surface area (Å²) in [6.07, 6.45) is 20.0. The summed E-state index contributed by atoms with van der Waals surface area (Å²) in [5, 5.41) is 35.3. The van der Waals surface area contributed by atoms with Gasteiger partial charge in [0, 0.05) is 37.7 Å². The number of carbonyl (C=O) groups excluding carboxylic acids is 1. The third-order valence-electron chi connectivity index (χ3n) is 13.0. The standard InChI is InChI=1S/C49H70N2O10/c1-4-6-7-8-9-10-11-12-13-18-28-57-48(55)51(33-35-21-23-43-44(29-35)59-34-58-43)45-32-41(50-56-3)39-30-36(19-14-16-25-52)38(20-15-17-26-53)46-40-31-37(54)22-24-42(40)61-49(45,47(39)46)60-27-5-2/h5,21-24,29-31,36,38,45-47,52-54H,2,4,6-20,25-28,32-34H2,1,3H3. The molecule has 2 aliphatic carbocycles. The van der Waals surface area contributed by atoms with Crippen molar-refractivity contribution in [2.45, 2.75) is 140 Å². The number of oxime groups is 1. The number of hydrogen-bond donors (Lipinski definition) is 3. The number of nitrogens with zero attached hydrogens (tertiary/aromatic N) is 2. The Bertz CT molecular complexity index is 1780. The Hall–Kier alpha value is -4.26. The van der Waals surface area contributed by atoms with E-state index in [2.05, 4.69) is 24.7 Å². The molecule has 61 heavy (non-hydrogen) atoms. The Morgan fingerprint density at radius 3 is 2.33 bits per heavy atom. The highest BCUT2D eigenvalue weighted by Gasteiger charge is 2.65. The van der Waals surface area contributed by atoms with Gasteiger partial charge in [-0.25, -0.2) is 4.79 Å². The fraction of sp³-hybridized carbons (Fsp3) is 0.633. The Kier molecular flexibility index (Phi) is 17.6. The number of fused-ring (bicyclic) bond motifs is 3. The van der Waals surface area contributed by atoms with Crippen LogP contribution in [0.15, 0.2) is 65.9 Å². The van der Waals surface area contributed by atoms with Crippen LogP contribution >= 0.6 is 0 Å². The predicted molar refractivity (Wildman–Crippen MR) is 235 cm³/mol. The number of phenols is 1. The van der Waals surface area contributed by atoms with Gasteiger partial charge in [-0.3, -0.25) is 4.90 Å². The minimum Gasteiger partial charge on any atom is -0.508 e. The number of benzene rings is 2. The van der Waals surface area contributed by atoms with Gasteiger partial charge in [-0.05, 0) is 85.4 Å². The lowest BCUT2D eigenvalue weighted by molar-refractivity contribution is -0.256. The molecule has 0 radical (unpaired) electrons. The Balaban J connectivity index is 1.39. The van der Waals surface area contributed by atoms with E-state index in [4.69, 9.17) is 28.5 Å². The lowest BCUT2D eigenvalue weighted by atomic mass is 9.55. The quantitative estimate of drug-likeness (QED) is 0.0475. The molecule has 4 aliphatic rings. The summed E-state index contributed by atoms with van der Waals surface area (Å²) in [5.41, 5.74) is 3.29. The Morgan fingerprint density at radius 1 is 0.902 bits per heavy atom. The molecule has 2 aliphatic heterocycles. The third-order valence-corrected chi connectivity index (χ3v) is 13.0. The fourth-order valence-electron chi connectivity index (χ4n) is 10.1. The topological polar surface area (TPSA) is 149 Å². The summed E-state index contributed by atoms with van der Waals surface area (Å²) in [6.45, 7) is 7.17. The van der Waals surface area contributed by atoms with E-state index in [1.807, 2.05) is 18.2 Å². The van der Waals surface area contributed by atoms with E-state index < -0.39 is 23.8 Å². The molecule has 0 saturated heterocycles. The van der Waals surface area contributed by atoms with Crippen molar-refractivity contribution in [2.24, 2.45) is 22.9 Å². The number of aromatic hydroxyl groups is 1. The monoisotopic (exact) mass is 847 g/mol. The molecule has 1 amide bonds. The van der Waals surface area contributed by atoms with Crippen LogP contribution in [0.5, 0.6) is 23.0 Å². The summed E-state index contributed by atoms with van der Waals surface area (Å²) < 4.78 is 31.9. The molecule has 0 aromatic heterocycles. The molecule has 1 saturated carbocycles. The van der Waals surface area contributed by atoms with Crippen molar-refractivity contribution in [3.63, 3.8) is 0 Å². The van der Waals surface area contributed by atoms with Crippen molar-refractivity contribution in [2.75, 3.05) is 40.3 Å². The number of ether oxygens (including phenoxy) is 5. The van der Waals surface area contributed by atoms with E-state index in [0.717, 1.165) is 61.6 Å². The average Bonchev–Trinajstić information content (AvgIpc) is 3.74. The third kappa shape index (κ3) is 11.2. The zero-order chi connectivity index (χ0) is 43.0. The second-order valence-electron chi connectivity index (χ2n) is 17.1. The van der Waals surface area contributed by atoms with Crippen LogP contribution in [0.4, 0.5) is 4.79 Å². The maximum absolute atomic E-state index is 14.8. The highest BCUT2D eigenvalue weighted by molar-refractivity contribution is 6.03. The first kappa shape index (κ1) is 46.2. The molecule has 6 atom stereocenters. The maximum atomic E-state index is 14.8. The van der Waals surface area contributed by atoms with E-state index in [1.165, 1.54) is 52.1 Å². The molecule has 0 spiro atoms. The van der Waals surface area contributed by atoms with Gasteiger partial charge in [0.2, 0.25) is 12.6 Å². The fourth-order valence-corrected chi connectivity index (χ4v) is 10.1. The molecule has 1 fully saturated rings. The summed E-state index contributed by atoms with van der Waals surface area (Å²) >= 11 is 0. The highest BCUT2D eigenvalue weighted by atomic mass is 16.7. The number of amides is 1. The van der Waals surface area contributed by atoms with E-state index in [1.54, 1.807) is 29.2 Å². The predicted octanol–water partition coefficient (Wildman–Crippen LogP) is 9.94. The number of aliphatic hydroxyl groups is 2. The zero-order valence-electron chi connectivity index (χ0n) is 36.6. The van der Waals surface area contributed by atoms with E-state index in [9.17, 15) is 20.1 Å². The number of allylic oxidation sites excluding steroid dienone is 1. The molecule has 12 heteroatoms. The van der Waals surface area contributed by atoms with Crippen molar-refractivity contribution >= 4 is 11.8 Å². The second-order valence-corrected chi connectivity index (χ2v) is 17.1. The number of aliphatic hydroxyl groups excluding tert-OH is 2. The van der Waals surface area contributed by atoms with Crippen LogP contribution in [0.25, 0.3) is 0 Å². The van der Waals surface area contributed by atoms with Gasteiger partial charge in [-0.1, -0.05) is 101 Å². The number of carbonyl (C=O) groups is 1. The Morgan fingerprint density at radius 2 is 1.61 bits per heavy atom. The van der Waals surface area contributed by atoms with Gasteiger partial charge >= 0.3 is 6.09 Å². The van der Waals surface area contributed by atoms with Gasteiger partial charge in [-0.15, -0.1) is 6.58 Å². The Labute approximate surface area is 362 Å². The lowest BCUT2D eigenvalue weighted by Crippen LogP contribution is -2.70. The lowest BCUT2D eigenvalue weighted by Gasteiger charge is -2.59.